The van der Waals surface area contributed by atoms with Gasteiger partial charge in [-0.05, 0) is 53.8 Å². The van der Waals surface area contributed by atoms with Gasteiger partial charge in [0, 0.05) is 25.7 Å². The number of hydrogen-bond acceptors (Lipinski definition) is 4. The predicted octanol–water partition coefficient (Wildman–Crippen LogP) is 4.87. The number of carbonyl (C=O) groups excluding carboxylic acids is 1. The number of imidazole rings is 1. The maximum absolute atomic E-state index is 11.7. The number of carboxylic acid groups (broad SMARTS) is 1. The Balaban J connectivity index is 1.68. The number of likely N-dealkylation sites (N-methyl/N-ethyl adjacent to an activating group) is 1. The van der Waals surface area contributed by atoms with Gasteiger partial charge in [0.15, 0.2) is 0 Å². The van der Waals surface area contributed by atoms with Crippen molar-refractivity contribution in [3.63, 3.8) is 0 Å². The molecule has 180 valence electrons. The zero-order valence-corrected chi connectivity index (χ0v) is 20.3. The third-order valence-electron chi connectivity index (χ3n) is 6.09. The monoisotopic (exact) mass is 470 g/mol. The highest BCUT2D eigenvalue weighted by Crippen LogP contribution is 2.28. The van der Waals surface area contributed by atoms with Crippen LogP contribution in [0.1, 0.15) is 40.7 Å². The van der Waals surface area contributed by atoms with Crippen LogP contribution in [0.25, 0.3) is 22.2 Å². The van der Waals surface area contributed by atoms with Gasteiger partial charge in [0.05, 0.1) is 23.1 Å². The highest BCUT2D eigenvalue weighted by Gasteiger charge is 2.15. The molecule has 35 heavy (non-hydrogen) atoms. The summed E-state index contributed by atoms with van der Waals surface area (Å²) < 4.78 is 2.23. The van der Waals surface area contributed by atoms with Crippen LogP contribution in [-0.4, -0.2) is 40.1 Å². The zero-order valence-electron chi connectivity index (χ0n) is 20.3. The lowest BCUT2D eigenvalue weighted by molar-refractivity contribution is -0.118. The first kappa shape index (κ1) is 24.0. The van der Waals surface area contributed by atoms with Crippen LogP contribution in [0.4, 0.5) is 5.69 Å². The molecule has 3 N–H and O–H groups in total. The predicted molar refractivity (Wildman–Crippen MR) is 139 cm³/mol. The van der Waals surface area contributed by atoms with E-state index in [0.29, 0.717) is 17.7 Å². The van der Waals surface area contributed by atoms with Crippen molar-refractivity contribution in [1.82, 2.24) is 14.9 Å². The average Bonchev–Trinajstić information content (AvgIpc) is 3.20. The standard InChI is InChI=1S/C28H30N4O3/c1-4-7-25-31-27-18(2)14-21(30-16-26(33)29-3)15-24(27)32(25)17-19-10-12-20(13-11-19)22-8-5-6-9-23(22)28(34)35/h5-6,8-15,30H,4,7,16-17H2,1-3H3,(H,29,33)(H,34,35). The Morgan fingerprint density at radius 1 is 1.06 bits per heavy atom. The number of benzene rings is 3. The van der Waals surface area contributed by atoms with Gasteiger partial charge < -0.3 is 20.3 Å². The Kier molecular flexibility index (Phi) is 7.15. The molecule has 1 heterocycles. The SMILES string of the molecule is CCCc1nc2c(C)cc(NCC(=O)NC)cc2n1Cc1ccc(-c2ccccc2C(=O)O)cc1. The molecule has 0 unspecified atom stereocenters. The lowest BCUT2D eigenvalue weighted by atomic mass is 9.99. The molecule has 7 nitrogen and oxygen atoms in total. The van der Waals surface area contributed by atoms with Gasteiger partial charge in [-0.1, -0.05) is 49.4 Å². The van der Waals surface area contributed by atoms with Crippen LogP contribution in [0.5, 0.6) is 0 Å². The number of aromatic carboxylic acids is 1. The molecule has 0 aliphatic carbocycles. The highest BCUT2D eigenvalue weighted by atomic mass is 16.4. The summed E-state index contributed by atoms with van der Waals surface area (Å²) in [6.07, 6.45) is 1.84. The van der Waals surface area contributed by atoms with E-state index in [2.05, 4.69) is 28.2 Å². The molecule has 0 saturated carbocycles. The fraction of sp³-hybridized carbons (Fsp3) is 0.250. The van der Waals surface area contributed by atoms with Gasteiger partial charge in [-0.25, -0.2) is 9.78 Å². The van der Waals surface area contributed by atoms with Gasteiger partial charge in [-0.2, -0.15) is 0 Å². The molecular weight excluding hydrogens is 440 g/mol. The van der Waals surface area contributed by atoms with Crippen LogP contribution < -0.4 is 10.6 Å². The van der Waals surface area contributed by atoms with E-state index in [1.807, 2.05) is 49.4 Å². The van der Waals surface area contributed by atoms with Gasteiger partial charge in [0.1, 0.15) is 5.82 Å². The molecule has 0 spiro atoms. The largest absolute Gasteiger partial charge is 0.478 e. The molecule has 0 aliphatic rings. The van der Waals surface area contributed by atoms with E-state index in [9.17, 15) is 14.7 Å². The fourth-order valence-corrected chi connectivity index (χ4v) is 4.30. The normalized spacial score (nSPS) is 10.9. The molecule has 0 fully saturated rings. The van der Waals surface area contributed by atoms with E-state index < -0.39 is 5.97 Å². The number of hydrogen-bond donors (Lipinski definition) is 3. The number of anilines is 1. The molecule has 4 aromatic rings. The number of fused-ring (bicyclic) bond motifs is 1. The van der Waals surface area contributed by atoms with Gasteiger partial charge in [-0.3, -0.25) is 4.79 Å². The van der Waals surface area contributed by atoms with Crippen LogP contribution in [0.3, 0.4) is 0 Å². The van der Waals surface area contributed by atoms with E-state index in [-0.39, 0.29) is 12.5 Å². The summed E-state index contributed by atoms with van der Waals surface area (Å²) >= 11 is 0. The Labute approximate surface area is 204 Å². The van der Waals surface area contributed by atoms with Gasteiger partial charge >= 0.3 is 5.97 Å². The maximum Gasteiger partial charge on any atom is 0.336 e. The third-order valence-corrected chi connectivity index (χ3v) is 6.09. The zero-order chi connectivity index (χ0) is 24.9. The van der Waals surface area contributed by atoms with Crippen LogP contribution >= 0.6 is 0 Å². The number of aromatic nitrogens is 2. The summed E-state index contributed by atoms with van der Waals surface area (Å²) in [5.74, 6) is 0.0109. The lowest BCUT2D eigenvalue weighted by Gasteiger charge is -2.12. The number of carboxylic acids is 1. The van der Waals surface area contributed by atoms with Crippen molar-refractivity contribution in [2.75, 3.05) is 18.9 Å². The molecule has 0 atom stereocenters. The number of rotatable bonds is 9. The number of aryl methyl sites for hydroxylation is 2. The van der Waals surface area contributed by atoms with Gasteiger partial charge in [-0.15, -0.1) is 0 Å². The average molecular weight is 471 g/mol. The maximum atomic E-state index is 11.7. The first-order valence-electron chi connectivity index (χ1n) is 11.8. The van der Waals surface area contributed by atoms with Crippen LogP contribution in [0.2, 0.25) is 0 Å². The van der Waals surface area contributed by atoms with Crippen LogP contribution in [0, 0.1) is 6.92 Å². The fourth-order valence-electron chi connectivity index (χ4n) is 4.30. The van der Waals surface area contributed by atoms with Crippen molar-refractivity contribution in [2.45, 2.75) is 33.2 Å². The van der Waals surface area contributed by atoms with Gasteiger partial charge in [0.2, 0.25) is 5.91 Å². The second-order valence-corrected chi connectivity index (χ2v) is 8.60. The summed E-state index contributed by atoms with van der Waals surface area (Å²) in [6.45, 7) is 5.03. The van der Waals surface area contributed by atoms with Crippen molar-refractivity contribution in [3.8, 4) is 11.1 Å². The molecule has 0 radical (unpaired) electrons. The van der Waals surface area contributed by atoms with Crippen LogP contribution in [0.15, 0.2) is 60.7 Å². The molecule has 3 aromatic carbocycles. The summed E-state index contributed by atoms with van der Waals surface area (Å²) in [5, 5.41) is 15.4. The molecule has 0 bridgehead atoms. The minimum Gasteiger partial charge on any atom is -0.478 e. The van der Waals surface area contributed by atoms with E-state index in [1.165, 1.54) is 0 Å². The molecular formula is C28H30N4O3. The van der Waals surface area contributed by atoms with Crippen molar-refractivity contribution < 1.29 is 14.7 Å². The minimum atomic E-state index is -0.935. The molecule has 1 aromatic heterocycles. The quantitative estimate of drug-likeness (QED) is 0.324. The van der Waals surface area contributed by atoms with Gasteiger partial charge in [0.25, 0.3) is 0 Å². The molecule has 1 amide bonds. The summed E-state index contributed by atoms with van der Waals surface area (Å²) in [7, 11) is 1.62. The second-order valence-electron chi connectivity index (χ2n) is 8.60. The lowest BCUT2D eigenvalue weighted by Crippen LogP contribution is -2.26. The first-order chi connectivity index (χ1) is 16.9. The Morgan fingerprint density at radius 3 is 2.49 bits per heavy atom. The van der Waals surface area contributed by atoms with Crippen molar-refractivity contribution in [2.24, 2.45) is 0 Å². The topological polar surface area (TPSA) is 96.3 Å². The van der Waals surface area contributed by atoms with E-state index in [0.717, 1.165) is 52.1 Å². The summed E-state index contributed by atoms with van der Waals surface area (Å²) in [4.78, 5) is 28.2. The summed E-state index contributed by atoms with van der Waals surface area (Å²) in [6, 6.07) is 19.1. The Morgan fingerprint density at radius 2 is 1.80 bits per heavy atom. The van der Waals surface area contributed by atoms with E-state index in [4.69, 9.17) is 4.98 Å². The van der Waals surface area contributed by atoms with Crippen molar-refractivity contribution in [3.05, 3.63) is 83.2 Å². The Hall–Kier alpha value is -4.13. The van der Waals surface area contributed by atoms with E-state index >= 15 is 0 Å². The third kappa shape index (κ3) is 5.19. The number of nitrogens with zero attached hydrogens (tertiary/aromatic N) is 2. The minimum absolute atomic E-state index is 0.0764. The number of nitrogens with one attached hydrogen (secondary N) is 2. The van der Waals surface area contributed by atoms with Crippen LogP contribution in [-0.2, 0) is 17.8 Å². The first-order valence-corrected chi connectivity index (χ1v) is 11.8. The van der Waals surface area contributed by atoms with E-state index in [1.54, 1.807) is 19.2 Å². The van der Waals surface area contributed by atoms with Crippen molar-refractivity contribution >= 4 is 28.6 Å². The molecule has 0 aliphatic heterocycles. The number of carbonyl (C=O) groups is 2. The molecule has 4 rings (SSSR count). The highest BCUT2D eigenvalue weighted by molar-refractivity contribution is 5.96. The second kappa shape index (κ2) is 10.4. The van der Waals surface area contributed by atoms with Crippen molar-refractivity contribution in [1.29, 1.82) is 0 Å². The summed E-state index contributed by atoms with van der Waals surface area (Å²) in [5.41, 5.74) is 6.88. The molecule has 0 saturated heterocycles. The smallest absolute Gasteiger partial charge is 0.336 e. The molecule has 7 heteroatoms. The number of amides is 1. The Bertz CT molecular complexity index is 1370.